The number of hydrogen-bond acceptors (Lipinski definition) is 4. The van der Waals surface area contributed by atoms with Crippen molar-refractivity contribution in [3.05, 3.63) is 76.8 Å². The van der Waals surface area contributed by atoms with Crippen molar-refractivity contribution in [3.8, 4) is 5.75 Å². The van der Waals surface area contributed by atoms with Crippen LogP contribution < -0.4 is 4.74 Å². The molecule has 4 nitrogen and oxygen atoms in total. The zero-order chi connectivity index (χ0) is 18.0. The fourth-order valence-corrected chi connectivity index (χ4v) is 3.55. The van der Waals surface area contributed by atoms with Gasteiger partial charge in [0.2, 0.25) is 0 Å². The molecule has 0 bridgehead atoms. The summed E-state index contributed by atoms with van der Waals surface area (Å²) in [5.41, 5.74) is 0.965. The van der Waals surface area contributed by atoms with Crippen molar-refractivity contribution in [1.29, 1.82) is 0 Å². The molecular formula is C19H15ClO4S. The maximum atomic E-state index is 12.4. The molecule has 0 spiro atoms. The number of carbonyl (C=O) groups is 1. The van der Waals surface area contributed by atoms with E-state index in [0.717, 1.165) is 10.8 Å². The Morgan fingerprint density at radius 1 is 0.960 bits per heavy atom. The lowest BCUT2D eigenvalue weighted by Crippen LogP contribution is -2.09. The zero-order valence-electron chi connectivity index (χ0n) is 13.4. The fourth-order valence-electron chi connectivity index (χ4n) is 2.52. The molecule has 0 aliphatic rings. The molecule has 0 saturated carbocycles. The van der Waals surface area contributed by atoms with Crippen LogP contribution in [0, 0.1) is 0 Å². The topological polar surface area (TPSA) is 60.4 Å². The first-order valence-corrected chi connectivity index (χ1v) is 9.93. The number of hydrogen-bond donors (Lipinski definition) is 0. The van der Waals surface area contributed by atoms with E-state index in [1.807, 2.05) is 24.3 Å². The van der Waals surface area contributed by atoms with Gasteiger partial charge in [-0.1, -0.05) is 48.0 Å². The Bertz CT molecular complexity index is 1040. The second-order valence-corrected chi connectivity index (χ2v) is 8.30. The molecule has 0 radical (unpaired) electrons. The molecular weight excluding hydrogens is 360 g/mol. The monoisotopic (exact) mass is 374 g/mol. The second-order valence-electron chi connectivity index (χ2n) is 5.75. The number of benzene rings is 3. The summed E-state index contributed by atoms with van der Waals surface area (Å²) < 4.78 is 28.1. The van der Waals surface area contributed by atoms with Gasteiger partial charge in [-0.15, -0.1) is 0 Å². The van der Waals surface area contributed by atoms with E-state index >= 15 is 0 Å². The minimum Gasteiger partial charge on any atom is -0.422 e. The van der Waals surface area contributed by atoms with Crippen LogP contribution in [0.3, 0.4) is 0 Å². The lowest BCUT2D eigenvalue weighted by Gasteiger charge is -2.09. The zero-order valence-corrected chi connectivity index (χ0v) is 15.0. The molecule has 0 heterocycles. The van der Waals surface area contributed by atoms with E-state index in [9.17, 15) is 13.2 Å². The highest BCUT2D eigenvalue weighted by Gasteiger charge is 2.13. The first kappa shape index (κ1) is 17.5. The van der Waals surface area contributed by atoms with Crippen LogP contribution >= 0.6 is 11.6 Å². The van der Waals surface area contributed by atoms with Crippen molar-refractivity contribution in [2.24, 2.45) is 0 Å². The van der Waals surface area contributed by atoms with Crippen molar-refractivity contribution < 1.29 is 17.9 Å². The van der Waals surface area contributed by atoms with E-state index in [1.54, 1.807) is 36.4 Å². The molecule has 0 aliphatic heterocycles. The van der Waals surface area contributed by atoms with Crippen molar-refractivity contribution in [1.82, 2.24) is 0 Å². The Balaban J connectivity index is 1.85. The fraction of sp³-hybridized carbons (Fsp3) is 0.105. The maximum Gasteiger partial charge on any atom is 0.343 e. The third kappa shape index (κ3) is 4.18. The van der Waals surface area contributed by atoms with Crippen LogP contribution in [0.15, 0.2) is 60.7 Å². The highest BCUT2D eigenvalue weighted by Crippen LogP contribution is 2.31. The van der Waals surface area contributed by atoms with Crippen molar-refractivity contribution in [2.75, 3.05) is 6.26 Å². The number of esters is 1. The summed E-state index contributed by atoms with van der Waals surface area (Å²) in [5.74, 6) is -0.159. The van der Waals surface area contributed by atoms with Gasteiger partial charge < -0.3 is 4.74 Å². The van der Waals surface area contributed by atoms with Gasteiger partial charge in [0.1, 0.15) is 5.75 Å². The average molecular weight is 375 g/mol. The highest BCUT2D eigenvalue weighted by molar-refractivity contribution is 7.89. The number of rotatable bonds is 4. The molecule has 0 unspecified atom stereocenters. The summed E-state index contributed by atoms with van der Waals surface area (Å²) in [6.45, 7) is 0. The van der Waals surface area contributed by atoms with Gasteiger partial charge in [0, 0.05) is 22.1 Å². The summed E-state index contributed by atoms with van der Waals surface area (Å²) in [7, 11) is -3.12. The van der Waals surface area contributed by atoms with Crippen molar-refractivity contribution in [2.45, 2.75) is 5.75 Å². The minimum absolute atomic E-state index is 0.0653. The molecule has 6 heteroatoms. The molecule has 0 amide bonds. The van der Waals surface area contributed by atoms with E-state index in [0.29, 0.717) is 21.9 Å². The van der Waals surface area contributed by atoms with Crippen molar-refractivity contribution in [3.63, 3.8) is 0 Å². The number of fused-ring (bicyclic) bond motifs is 1. The lowest BCUT2D eigenvalue weighted by molar-refractivity contribution is 0.0737. The van der Waals surface area contributed by atoms with Crippen LogP contribution in [0.4, 0.5) is 0 Å². The predicted molar refractivity (Wildman–Crippen MR) is 98.9 cm³/mol. The first-order chi connectivity index (χ1) is 11.8. The van der Waals surface area contributed by atoms with Crippen LogP contribution in [-0.4, -0.2) is 20.6 Å². The summed E-state index contributed by atoms with van der Waals surface area (Å²) in [5, 5.41) is 2.13. The minimum atomic E-state index is -3.12. The third-order valence-electron chi connectivity index (χ3n) is 3.65. The predicted octanol–water partition coefficient (Wildman–Crippen LogP) is 4.26. The summed E-state index contributed by atoms with van der Waals surface area (Å²) in [6.07, 6.45) is 1.17. The van der Waals surface area contributed by atoms with E-state index in [-0.39, 0.29) is 5.75 Å². The van der Waals surface area contributed by atoms with Gasteiger partial charge >= 0.3 is 5.97 Å². The number of ether oxygens (including phenoxy) is 1. The SMILES string of the molecule is CS(=O)(=O)Cc1ccc(C(=O)Oc2ccc(Cl)c3ccccc23)cc1. The van der Waals surface area contributed by atoms with E-state index in [1.165, 1.54) is 6.26 Å². The maximum absolute atomic E-state index is 12.4. The van der Waals surface area contributed by atoms with E-state index < -0.39 is 15.8 Å². The van der Waals surface area contributed by atoms with Gasteiger partial charge in [0.15, 0.2) is 9.84 Å². The molecule has 0 aromatic heterocycles. The van der Waals surface area contributed by atoms with Gasteiger partial charge in [0.05, 0.1) is 11.3 Å². The van der Waals surface area contributed by atoms with Gasteiger partial charge in [-0.25, -0.2) is 13.2 Å². The van der Waals surface area contributed by atoms with Crippen LogP contribution in [-0.2, 0) is 15.6 Å². The molecule has 0 N–H and O–H groups in total. The summed E-state index contributed by atoms with van der Waals surface area (Å²) in [6, 6.07) is 17.1. The van der Waals surface area contributed by atoms with Crippen LogP contribution in [0.5, 0.6) is 5.75 Å². The van der Waals surface area contributed by atoms with Gasteiger partial charge in [0.25, 0.3) is 0 Å². The van der Waals surface area contributed by atoms with Gasteiger partial charge in [-0.3, -0.25) is 0 Å². The van der Waals surface area contributed by atoms with E-state index in [2.05, 4.69) is 0 Å². The molecule has 3 aromatic carbocycles. The van der Waals surface area contributed by atoms with Crippen LogP contribution in [0.2, 0.25) is 5.02 Å². The third-order valence-corrected chi connectivity index (χ3v) is 4.84. The van der Waals surface area contributed by atoms with Gasteiger partial charge in [-0.05, 0) is 29.8 Å². The lowest BCUT2D eigenvalue weighted by atomic mass is 10.1. The normalized spacial score (nSPS) is 11.4. The Morgan fingerprint density at radius 2 is 1.60 bits per heavy atom. The molecule has 0 atom stereocenters. The first-order valence-electron chi connectivity index (χ1n) is 7.49. The second kappa shape index (κ2) is 6.86. The standard InChI is InChI=1S/C19H15ClO4S/c1-25(22,23)12-13-6-8-14(9-7-13)19(21)24-18-11-10-17(20)15-4-2-3-5-16(15)18/h2-11H,12H2,1H3. The average Bonchev–Trinajstić information content (AvgIpc) is 2.57. The van der Waals surface area contributed by atoms with Crippen LogP contribution in [0.25, 0.3) is 10.8 Å². The largest absolute Gasteiger partial charge is 0.422 e. The van der Waals surface area contributed by atoms with Gasteiger partial charge in [-0.2, -0.15) is 0 Å². The molecule has 0 aliphatic carbocycles. The Hall–Kier alpha value is -2.37. The number of sulfone groups is 1. The molecule has 3 aromatic rings. The molecule has 0 saturated heterocycles. The Morgan fingerprint density at radius 3 is 2.24 bits per heavy atom. The molecule has 128 valence electrons. The number of carbonyl (C=O) groups excluding carboxylic acids is 1. The Labute approximate surface area is 150 Å². The quantitative estimate of drug-likeness (QED) is 0.505. The van der Waals surface area contributed by atoms with E-state index in [4.69, 9.17) is 16.3 Å². The van der Waals surface area contributed by atoms with Crippen LogP contribution in [0.1, 0.15) is 15.9 Å². The summed E-state index contributed by atoms with van der Waals surface area (Å²) >= 11 is 6.16. The number of halogens is 1. The summed E-state index contributed by atoms with van der Waals surface area (Å²) in [4.78, 5) is 12.4. The van der Waals surface area contributed by atoms with Crippen molar-refractivity contribution >= 4 is 38.2 Å². The molecule has 3 rings (SSSR count). The molecule has 0 fully saturated rings. The highest BCUT2D eigenvalue weighted by atomic mass is 35.5. The smallest absolute Gasteiger partial charge is 0.343 e. The Kier molecular flexibility index (Phi) is 4.79. The molecule has 25 heavy (non-hydrogen) atoms.